The predicted molar refractivity (Wildman–Crippen MR) is 185 cm³/mol. The minimum atomic E-state index is 0.576. The number of para-hydroxylation sites is 2. The Morgan fingerprint density at radius 3 is 0.783 bits per heavy atom. The van der Waals surface area contributed by atoms with E-state index in [9.17, 15) is 0 Å². The van der Waals surface area contributed by atoms with Gasteiger partial charge in [-0.2, -0.15) is 0 Å². The fourth-order valence-corrected chi connectivity index (χ4v) is 4.97. The van der Waals surface area contributed by atoms with Gasteiger partial charge in [-0.3, -0.25) is 0 Å². The molecule has 0 aliphatic carbocycles. The van der Waals surface area contributed by atoms with Gasteiger partial charge in [-0.15, -0.1) is 20.4 Å². The lowest BCUT2D eigenvalue weighted by atomic mass is 9.98. The van der Waals surface area contributed by atoms with Crippen LogP contribution in [-0.4, -0.2) is 22.8 Å². The van der Waals surface area contributed by atoms with E-state index in [1.807, 2.05) is 170 Å². The number of hydrogen-bond donors (Lipinski definition) is 0. The van der Waals surface area contributed by atoms with Crippen LogP contribution >= 0.6 is 0 Å². The molecule has 0 N–H and O–H groups in total. The van der Waals surface area contributed by atoms with Crippen LogP contribution < -0.4 is 9.47 Å². The van der Waals surface area contributed by atoms with E-state index in [-0.39, 0.29) is 0 Å². The summed E-state index contributed by atoms with van der Waals surface area (Å²) in [4.78, 5) is 0. The van der Waals surface area contributed by atoms with Crippen molar-refractivity contribution in [2.24, 2.45) is 20.4 Å². The summed E-state index contributed by atoms with van der Waals surface area (Å²) in [6, 6.07) is 54.7. The van der Waals surface area contributed by atoms with E-state index in [1.54, 1.807) is 0 Å². The van der Waals surface area contributed by atoms with Crippen molar-refractivity contribution in [2.45, 2.75) is 0 Å². The maximum Gasteiger partial charge on any atom is 0.127 e. The lowest BCUT2D eigenvalue weighted by Crippen LogP contribution is -2.22. The van der Waals surface area contributed by atoms with Gasteiger partial charge in [-0.05, 0) is 72.8 Å². The highest BCUT2D eigenvalue weighted by molar-refractivity contribution is 6.56. The molecule has 0 fully saturated rings. The summed E-state index contributed by atoms with van der Waals surface area (Å²) in [5.74, 6) is 2.94. The fraction of sp³-hybridized carbons (Fsp3) is 0. The molecular weight excluding hydrogens is 568 g/mol. The Morgan fingerprint density at radius 1 is 0.239 bits per heavy atom. The van der Waals surface area contributed by atoms with Crippen molar-refractivity contribution in [3.63, 3.8) is 0 Å². The molecule has 1 aliphatic heterocycles. The normalized spacial score (nSPS) is 12.9. The second-order valence-electron chi connectivity index (χ2n) is 10.4. The number of nitrogens with zero attached hydrogens (tertiary/aromatic N) is 4. The van der Waals surface area contributed by atoms with Gasteiger partial charge >= 0.3 is 0 Å². The molecule has 1 heterocycles. The van der Waals surface area contributed by atoms with E-state index < -0.39 is 0 Å². The zero-order chi connectivity index (χ0) is 31.0. The minimum absolute atomic E-state index is 0.576. The monoisotopic (exact) mass is 596 g/mol. The Bertz CT molecular complexity index is 1890. The number of ether oxygens (including phenoxy) is 2. The van der Waals surface area contributed by atoms with Crippen LogP contribution in [0.3, 0.4) is 0 Å². The van der Waals surface area contributed by atoms with Crippen molar-refractivity contribution < 1.29 is 9.47 Å². The Hall–Kier alpha value is -6.40. The third-order valence-corrected chi connectivity index (χ3v) is 7.26. The highest BCUT2D eigenvalue weighted by atomic mass is 16.5. The zero-order valence-corrected chi connectivity index (χ0v) is 24.8. The van der Waals surface area contributed by atoms with E-state index in [4.69, 9.17) is 29.9 Å². The lowest BCUT2D eigenvalue weighted by Gasteiger charge is -2.15. The van der Waals surface area contributed by atoms with Gasteiger partial charge in [0.15, 0.2) is 0 Å². The summed E-state index contributed by atoms with van der Waals surface area (Å²) in [6.45, 7) is 0. The summed E-state index contributed by atoms with van der Waals surface area (Å²) in [5.41, 5.74) is 5.82. The third-order valence-electron chi connectivity index (χ3n) is 7.26. The van der Waals surface area contributed by atoms with E-state index in [1.165, 1.54) is 0 Å². The van der Waals surface area contributed by atoms with Crippen LogP contribution in [0.15, 0.2) is 190 Å². The SMILES string of the molecule is c1ccc(Oc2ccc(C3=NN=C(c4ccccc4)C(c4ccccc4)=NN=C3c3ccc(Oc4ccccc4)cc3)cc2)cc1. The predicted octanol–water partition coefficient (Wildman–Crippen LogP) is 9.37. The average molecular weight is 597 g/mol. The molecule has 1 aliphatic rings. The molecular formula is C40H28N4O2. The highest BCUT2D eigenvalue weighted by Crippen LogP contribution is 2.25. The van der Waals surface area contributed by atoms with Crippen molar-refractivity contribution in [2.75, 3.05) is 0 Å². The highest BCUT2D eigenvalue weighted by Gasteiger charge is 2.21. The number of hydrogen-bond acceptors (Lipinski definition) is 6. The minimum Gasteiger partial charge on any atom is -0.457 e. The van der Waals surface area contributed by atoms with Crippen molar-refractivity contribution in [1.82, 2.24) is 0 Å². The Kier molecular flexibility index (Phi) is 8.32. The molecule has 0 amide bonds. The van der Waals surface area contributed by atoms with Crippen molar-refractivity contribution in [3.05, 3.63) is 192 Å². The number of benzene rings is 6. The summed E-state index contributed by atoms with van der Waals surface area (Å²) in [7, 11) is 0. The summed E-state index contributed by atoms with van der Waals surface area (Å²) in [6.07, 6.45) is 0. The second kappa shape index (κ2) is 13.5. The quantitative estimate of drug-likeness (QED) is 0.176. The molecule has 0 spiro atoms. The van der Waals surface area contributed by atoms with E-state index >= 15 is 0 Å². The van der Waals surface area contributed by atoms with Crippen LogP contribution in [-0.2, 0) is 0 Å². The lowest BCUT2D eigenvalue weighted by molar-refractivity contribution is 0.482. The van der Waals surface area contributed by atoms with Gasteiger partial charge in [0.2, 0.25) is 0 Å². The largest absolute Gasteiger partial charge is 0.457 e. The van der Waals surface area contributed by atoms with Crippen LogP contribution in [0.1, 0.15) is 22.3 Å². The van der Waals surface area contributed by atoms with E-state index in [0.29, 0.717) is 34.3 Å². The maximum absolute atomic E-state index is 6.04. The van der Waals surface area contributed by atoms with Crippen LogP contribution in [0, 0.1) is 0 Å². The van der Waals surface area contributed by atoms with Gasteiger partial charge in [0.25, 0.3) is 0 Å². The summed E-state index contributed by atoms with van der Waals surface area (Å²) < 4.78 is 12.1. The molecule has 6 aromatic carbocycles. The van der Waals surface area contributed by atoms with Gasteiger partial charge in [0.1, 0.15) is 45.8 Å². The first kappa shape index (κ1) is 28.4. The van der Waals surface area contributed by atoms with Crippen LogP contribution in [0.4, 0.5) is 0 Å². The first-order valence-corrected chi connectivity index (χ1v) is 14.9. The molecule has 0 saturated carbocycles. The number of rotatable bonds is 8. The van der Waals surface area contributed by atoms with Crippen LogP contribution in [0.5, 0.6) is 23.0 Å². The molecule has 7 rings (SSSR count). The summed E-state index contributed by atoms with van der Waals surface area (Å²) in [5, 5.41) is 19.4. The standard InChI is InChI=1S/C40H28N4O2/c1-5-13-29(14-6-1)37-38(30-15-7-2-8-16-30)42-44-40(32-23-27-36(28-24-32)46-34-19-11-4-12-20-34)39(43-41-37)31-21-25-35(26-22-31)45-33-17-9-3-10-18-33/h1-28H. The fourth-order valence-electron chi connectivity index (χ4n) is 4.97. The first-order valence-electron chi connectivity index (χ1n) is 14.9. The molecule has 0 bridgehead atoms. The molecule has 6 nitrogen and oxygen atoms in total. The Balaban J connectivity index is 1.32. The average Bonchev–Trinajstić information content (AvgIpc) is 3.11. The van der Waals surface area contributed by atoms with Crippen molar-refractivity contribution in [1.29, 1.82) is 0 Å². The Labute approximate surface area is 267 Å². The summed E-state index contributed by atoms with van der Waals surface area (Å²) >= 11 is 0. The van der Waals surface area contributed by atoms with Crippen LogP contribution in [0.2, 0.25) is 0 Å². The molecule has 46 heavy (non-hydrogen) atoms. The van der Waals surface area contributed by atoms with Gasteiger partial charge in [0, 0.05) is 22.3 Å². The second-order valence-corrected chi connectivity index (χ2v) is 10.4. The molecule has 0 unspecified atom stereocenters. The maximum atomic E-state index is 6.04. The molecule has 6 aromatic rings. The third kappa shape index (κ3) is 6.56. The molecule has 220 valence electrons. The smallest absolute Gasteiger partial charge is 0.127 e. The van der Waals surface area contributed by atoms with Gasteiger partial charge < -0.3 is 9.47 Å². The molecule has 0 radical (unpaired) electrons. The molecule has 6 heteroatoms. The molecule has 0 saturated heterocycles. The molecule has 0 atom stereocenters. The topological polar surface area (TPSA) is 67.9 Å². The van der Waals surface area contributed by atoms with Crippen molar-refractivity contribution in [3.8, 4) is 23.0 Å². The Morgan fingerprint density at radius 2 is 0.478 bits per heavy atom. The first-order chi connectivity index (χ1) is 22.8. The van der Waals surface area contributed by atoms with E-state index in [2.05, 4.69) is 0 Å². The van der Waals surface area contributed by atoms with Gasteiger partial charge in [0.05, 0.1) is 0 Å². The molecule has 0 aromatic heterocycles. The van der Waals surface area contributed by atoms with Crippen LogP contribution in [0.25, 0.3) is 0 Å². The zero-order valence-electron chi connectivity index (χ0n) is 24.8. The van der Waals surface area contributed by atoms with Gasteiger partial charge in [-0.25, -0.2) is 0 Å². The van der Waals surface area contributed by atoms with Gasteiger partial charge in [-0.1, -0.05) is 97.1 Å². The van der Waals surface area contributed by atoms with E-state index in [0.717, 1.165) is 33.8 Å². The van der Waals surface area contributed by atoms with Crippen molar-refractivity contribution >= 4 is 22.8 Å².